The van der Waals surface area contributed by atoms with E-state index in [2.05, 4.69) is 12.2 Å². The molecule has 3 aromatic carbocycles. The Morgan fingerprint density at radius 2 is 1.78 bits per heavy atom. The van der Waals surface area contributed by atoms with E-state index in [1.54, 1.807) is 30.3 Å². The Bertz CT molecular complexity index is 1510. The van der Waals surface area contributed by atoms with Gasteiger partial charge >= 0.3 is 0 Å². The Morgan fingerprint density at radius 3 is 2.51 bits per heavy atom. The Hall–Kier alpha value is -3.71. The minimum atomic E-state index is -1.02. The van der Waals surface area contributed by atoms with Crippen LogP contribution in [0.4, 0.5) is 10.1 Å². The fourth-order valence-corrected chi connectivity index (χ4v) is 8.88. The van der Waals surface area contributed by atoms with Crippen LogP contribution in [0.25, 0.3) is 0 Å². The molecule has 7 atom stereocenters. The number of aromatic hydroxyl groups is 1. The molecular formula is C38H45FN2O4. The number of aliphatic hydroxyl groups excluding tert-OH is 1. The lowest BCUT2D eigenvalue weighted by Crippen LogP contribution is -2.51. The predicted molar refractivity (Wildman–Crippen MR) is 174 cm³/mol. The van der Waals surface area contributed by atoms with Crippen LogP contribution < -0.4 is 5.32 Å². The summed E-state index contributed by atoms with van der Waals surface area (Å²) in [7, 11) is 0. The Kier molecular flexibility index (Phi) is 9.00. The number of nitrogens with one attached hydrogen (secondary N) is 1. The van der Waals surface area contributed by atoms with Crippen molar-refractivity contribution in [1.29, 1.82) is 0 Å². The number of hydrogen-bond donors (Lipinski definition) is 3. The fraction of sp³-hybridized carbons (Fsp3) is 0.474. The van der Waals surface area contributed by atoms with Gasteiger partial charge in [-0.05, 0) is 115 Å². The van der Waals surface area contributed by atoms with Crippen LogP contribution in [0, 0.1) is 23.2 Å². The van der Waals surface area contributed by atoms with Gasteiger partial charge in [-0.2, -0.15) is 0 Å². The van der Waals surface area contributed by atoms with E-state index in [9.17, 15) is 19.8 Å². The van der Waals surface area contributed by atoms with Gasteiger partial charge < -0.3 is 20.4 Å². The lowest BCUT2D eigenvalue weighted by molar-refractivity contribution is -0.114. The standard InChI is InChI=1S/C38H45FN2O4/c1-24(42)40-29-13-11-26(12-14-29)37(45)41(23-25-8-4-3-5-9-25)19-7-6-10-27-20-28-21-30(43)15-16-31(28)36-33(39)22-38(2)32(35(27)36)17-18-34(38)44/h3-5,8-9,11-16,21,27,32-36,43-44H,6-7,10,17-20,22-23H2,1-2H3,(H,40,42)/t27-,32?,33+,34+,35?,36?,38?/m1/s1. The Labute approximate surface area is 265 Å². The normalized spacial score (nSPS) is 28.4. The summed E-state index contributed by atoms with van der Waals surface area (Å²) < 4.78 is 16.1. The second kappa shape index (κ2) is 13.0. The number of amides is 2. The molecule has 6 nitrogen and oxygen atoms in total. The van der Waals surface area contributed by atoms with Gasteiger partial charge in [0.2, 0.25) is 5.91 Å². The number of unbranched alkanes of at least 4 members (excludes halogenated alkanes) is 1. The third-order valence-corrected chi connectivity index (χ3v) is 11.0. The van der Waals surface area contributed by atoms with E-state index in [-0.39, 0.29) is 41.2 Å². The molecule has 7 heteroatoms. The number of carbonyl (C=O) groups excluding carboxylic acids is 2. The third-order valence-electron chi connectivity index (χ3n) is 11.0. The average Bonchev–Trinajstić information content (AvgIpc) is 3.31. The molecule has 0 saturated heterocycles. The zero-order valence-corrected chi connectivity index (χ0v) is 26.3. The van der Waals surface area contributed by atoms with Gasteiger partial charge in [-0.3, -0.25) is 9.59 Å². The van der Waals surface area contributed by atoms with Crippen LogP contribution in [0.5, 0.6) is 5.75 Å². The molecule has 0 bridgehead atoms. The van der Waals surface area contributed by atoms with Gasteiger partial charge in [0.15, 0.2) is 0 Å². The molecular weight excluding hydrogens is 567 g/mol. The molecule has 2 fully saturated rings. The summed E-state index contributed by atoms with van der Waals surface area (Å²) in [6, 6.07) is 22.4. The molecule has 0 heterocycles. The number of fused-ring (bicyclic) bond motifs is 5. The Balaban J connectivity index is 1.18. The largest absolute Gasteiger partial charge is 0.508 e. The van der Waals surface area contributed by atoms with Crippen LogP contribution in [0.15, 0.2) is 72.8 Å². The number of benzene rings is 3. The first-order valence-electron chi connectivity index (χ1n) is 16.5. The number of phenols is 1. The zero-order valence-electron chi connectivity index (χ0n) is 26.3. The molecule has 3 aliphatic carbocycles. The van der Waals surface area contributed by atoms with Gasteiger partial charge in [-0.15, -0.1) is 0 Å². The number of halogens is 1. The van der Waals surface area contributed by atoms with Crippen molar-refractivity contribution in [1.82, 2.24) is 4.90 Å². The molecule has 0 aromatic heterocycles. The first-order valence-corrected chi connectivity index (χ1v) is 16.5. The van der Waals surface area contributed by atoms with Gasteiger partial charge in [-0.25, -0.2) is 4.39 Å². The van der Waals surface area contributed by atoms with Crippen molar-refractivity contribution in [2.45, 2.75) is 83.5 Å². The van der Waals surface area contributed by atoms with Crippen LogP contribution in [0.1, 0.15) is 85.3 Å². The van der Waals surface area contributed by atoms with Crippen molar-refractivity contribution in [2.24, 2.45) is 23.2 Å². The van der Waals surface area contributed by atoms with E-state index in [1.165, 1.54) is 6.92 Å². The SMILES string of the molecule is CC(=O)Nc1ccc(C(=O)N(CCCC[C@@H]2Cc3cc(O)ccc3C3C2C2CC[C@H](O)C2(C)C[C@@H]3F)Cc2ccccc2)cc1. The number of aliphatic hydroxyl groups is 1. The smallest absolute Gasteiger partial charge is 0.254 e. The maximum atomic E-state index is 16.1. The summed E-state index contributed by atoms with van der Waals surface area (Å²) in [6.45, 7) is 4.63. The van der Waals surface area contributed by atoms with Crippen molar-refractivity contribution >= 4 is 17.5 Å². The van der Waals surface area contributed by atoms with E-state index in [0.29, 0.717) is 30.8 Å². The van der Waals surface area contributed by atoms with E-state index in [1.807, 2.05) is 47.4 Å². The highest BCUT2D eigenvalue weighted by molar-refractivity contribution is 5.95. The number of hydrogen-bond acceptors (Lipinski definition) is 4. The summed E-state index contributed by atoms with van der Waals surface area (Å²) >= 11 is 0. The second-order valence-electron chi connectivity index (χ2n) is 13.8. The van der Waals surface area contributed by atoms with Crippen LogP contribution in [0.2, 0.25) is 0 Å². The summed E-state index contributed by atoms with van der Waals surface area (Å²) in [4.78, 5) is 27.0. The van der Waals surface area contributed by atoms with Crippen LogP contribution >= 0.6 is 0 Å². The van der Waals surface area contributed by atoms with Gasteiger partial charge in [-0.1, -0.05) is 49.7 Å². The minimum Gasteiger partial charge on any atom is -0.508 e. The van der Waals surface area contributed by atoms with Crippen LogP contribution in [-0.2, 0) is 17.8 Å². The number of phenolic OH excluding ortho intramolecular Hbond substituents is 1. The van der Waals surface area contributed by atoms with Gasteiger partial charge in [0, 0.05) is 37.2 Å². The summed E-state index contributed by atoms with van der Waals surface area (Å²) in [5.41, 5.74) is 3.97. The molecule has 2 amide bonds. The first-order chi connectivity index (χ1) is 21.6. The molecule has 0 aliphatic heterocycles. The fourth-order valence-electron chi connectivity index (χ4n) is 8.88. The van der Waals surface area contributed by atoms with E-state index >= 15 is 4.39 Å². The molecule has 0 radical (unpaired) electrons. The molecule has 3 aliphatic rings. The lowest BCUT2D eigenvalue weighted by Gasteiger charge is -2.54. The van der Waals surface area contributed by atoms with Gasteiger partial charge in [0.1, 0.15) is 11.9 Å². The highest BCUT2D eigenvalue weighted by Crippen LogP contribution is 2.63. The highest BCUT2D eigenvalue weighted by Gasteiger charge is 2.59. The second-order valence-corrected chi connectivity index (χ2v) is 13.8. The molecule has 3 N–H and O–H groups in total. The van der Waals surface area contributed by atoms with Crippen LogP contribution in [0.3, 0.4) is 0 Å². The highest BCUT2D eigenvalue weighted by atomic mass is 19.1. The maximum Gasteiger partial charge on any atom is 0.254 e. The number of rotatable bonds is 9. The first kappa shape index (κ1) is 31.3. The topological polar surface area (TPSA) is 89.9 Å². The molecule has 4 unspecified atom stereocenters. The van der Waals surface area contributed by atoms with Crippen LogP contribution in [-0.4, -0.2) is 45.7 Å². The number of carbonyl (C=O) groups is 2. The maximum absolute atomic E-state index is 16.1. The molecule has 45 heavy (non-hydrogen) atoms. The summed E-state index contributed by atoms with van der Waals surface area (Å²) in [6.07, 6.45) is 3.97. The summed E-state index contributed by atoms with van der Waals surface area (Å²) in [5, 5.41) is 24.0. The third kappa shape index (κ3) is 6.37. The molecule has 238 valence electrons. The molecule has 2 saturated carbocycles. The van der Waals surface area contributed by atoms with Gasteiger partial charge in [0.05, 0.1) is 6.10 Å². The molecule has 0 spiro atoms. The lowest BCUT2D eigenvalue weighted by atomic mass is 9.51. The number of nitrogens with zero attached hydrogens (tertiary/aromatic N) is 1. The molecule has 3 aromatic rings. The van der Waals surface area contributed by atoms with Crippen molar-refractivity contribution in [3.05, 3.63) is 95.1 Å². The van der Waals surface area contributed by atoms with Crippen molar-refractivity contribution < 1.29 is 24.2 Å². The van der Waals surface area contributed by atoms with Crippen molar-refractivity contribution in [3.8, 4) is 5.75 Å². The van der Waals surface area contributed by atoms with Crippen molar-refractivity contribution in [2.75, 3.05) is 11.9 Å². The minimum absolute atomic E-state index is 0.0568. The van der Waals surface area contributed by atoms with E-state index in [0.717, 1.165) is 55.2 Å². The number of anilines is 1. The van der Waals surface area contributed by atoms with Gasteiger partial charge in [0.25, 0.3) is 5.91 Å². The zero-order chi connectivity index (χ0) is 31.7. The predicted octanol–water partition coefficient (Wildman–Crippen LogP) is 7.25. The Morgan fingerprint density at radius 1 is 1.02 bits per heavy atom. The number of alkyl halides is 1. The van der Waals surface area contributed by atoms with E-state index < -0.39 is 17.7 Å². The summed E-state index contributed by atoms with van der Waals surface area (Å²) in [5.74, 6) is 0.465. The van der Waals surface area contributed by atoms with Crippen molar-refractivity contribution in [3.63, 3.8) is 0 Å². The molecule has 6 rings (SSSR count). The quantitative estimate of drug-likeness (QED) is 0.222. The van der Waals surface area contributed by atoms with E-state index in [4.69, 9.17) is 0 Å². The average molecular weight is 613 g/mol. The monoisotopic (exact) mass is 612 g/mol.